The number of sulfone groups is 1. The first-order valence-corrected chi connectivity index (χ1v) is 13.6. The highest BCUT2D eigenvalue weighted by Crippen LogP contribution is 2.54. The number of hydrogen-bond donors (Lipinski definition) is 0. The highest BCUT2D eigenvalue weighted by Gasteiger charge is 2.55. The van der Waals surface area contributed by atoms with Crippen molar-refractivity contribution in [3.05, 3.63) is 30.4 Å². The average Bonchev–Trinajstić information content (AvgIpc) is 3.16. The smallest absolute Gasteiger partial charge is 0.300 e. The zero-order chi connectivity index (χ0) is 24.3. The summed E-state index contributed by atoms with van der Waals surface area (Å²) in [5, 5.41) is 4.10. The number of nitrogens with zero attached hydrogens (tertiary/aromatic N) is 5. The molecule has 0 aromatic carbocycles. The highest BCUT2D eigenvalue weighted by molar-refractivity contribution is 7.92. The summed E-state index contributed by atoms with van der Waals surface area (Å²) in [6.07, 6.45) is 4.56. The molecule has 1 unspecified atom stereocenters. The van der Waals surface area contributed by atoms with Gasteiger partial charge in [-0.05, 0) is 64.0 Å². The molecule has 4 fully saturated rings. The summed E-state index contributed by atoms with van der Waals surface area (Å²) in [5.41, 5.74) is -0.379. The van der Waals surface area contributed by atoms with E-state index in [0.717, 1.165) is 49.7 Å². The van der Waals surface area contributed by atoms with Gasteiger partial charge in [0, 0.05) is 42.0 Å². The Kier molecular flexibility index (Phi) is 5.78. The largest absolute Gasteiger partial charge is 0.417 e. The lowest BCUT2D eigenvalue weighted by Gasteiger charge is -2.38. The van der Waals surface area contributed by atoms with Crippen molar-refractivity contribution in [3.63, 3.8) is 0 Å². The average molecular weight is 498 g/mol. The van der Waals surface area contributed by atoms with Crippen molar-refractivity contribution in [2.24, 2.45) is 17.3 Å². The quantitative estimate of drug-likeness (QED) is 0.641. The monoisotopic (exact) mass is 497 g/mol. The Bertz CT molecular complexity index is 1140. The maximum Gasteiger partial charge on any atom is 0.417 e. The van der Waals surface area contributed by atoms with Gasteiger partial charge in [-0.25, -0.2) is 18.1 Å². The molecule has 4 heterocycles. The molecule has 4 aliphatic rings. The summed E-state index contributed by atoms with van der Waals surface area (Å²) >= 11 is 0. The van der Waals surface area contributed by atoms with Crippen LogP contribution in [-0.4, -0.2) is 63.7 Å². The number of pyridine rings is 1. The second kappa shape index (κ2) is 8.29. The number of fused-ring (bicyclic) bond motifs is 1. The molecule has 34 heavy (non-hydrogen) atoms. The van der Waals surface area contributed by atoms with E-state index < -0.39 is 21.6 Å². The maximum absolute atomic E-state index is 12.5. The number of aromatic nitrogens is 4. The van der Waals surface area contributed by atoms with Crippen LogP contribution in [0.1, 0.15) is 51.1 Å². The fourth-order valence-corrected chi connectivity index (χ4v) is 8.01. The third-order valence-electron chi connectivity index (χ3n) is 7.62. The number of rotatable bonds is 3. The number of alkyl halides is 3. The Morgan fingerprint density at radius 1 is 1.12 bits per heavy atom. The van der Waals surface area contributed by atoms with Crippen molar-refractivity contribution in [2.75, 3.05) is 24.6 Å². The van der Waals surface area contributed by atoms with Gasteiger partial charge >= 0.3 is 6.18 Å². The van der Waals surface area contributed by atoms with Crippen molar-refractivity contribution in [2.45, 2.75) is 57.8 Å². The van der Waals surface area contributed by atoms with Crippen molar-refractivity contribution in [3.8, 4) is 11.4 Å². The highest BCUT2D eigenvalue weighted by atomic mass is 32.2. The molecular formula is C23H30F3N5O2S. The van der Waals surface area contributed by atoms with E-state index >= 15 is 0 Å². The molecule has 2 aliphatic carbocycles. The molecule has 0 radical (unpaired) electrons. The van der Waals surface area contributed by atoms with Gasteiger partial charge in [-0.3, -0.25) is 9.88 Å². The van der Waals surface area contributed by atoms with Crippen molar-refractivity contribution in [1.29, 1.82) is 0 Å². The molecule has 186 valence electrons. The molecule has 0 N–H and O–H groups in total. The van der Waals surface area contributed by atoms with Gasteiger partial charge in [-0.2, -0.15) is 18.3 Å². The van der Waals surface area contributed by atoms with E-state index in [1.165, 1.54) is 31.8 Å². The van der Waals surface area contributed by atoms with Crippen LogP contribution in [-0.2, 0) is 16.0 Å². The second-order valence-electron chi connectivity index (χ2n) is 10.7. The van der Waals surface area contributed by atoms with Gasteiger partial charge in [-0.15, -0.1) is 0 Å². The lowest BCUT2D eigenvalue weighted by molar-refractivity contribution is -0.137. The topological polar surface area (TPSA) is 81.0 Å². The van der Waals surface area contributed by atoms with E-state index in [9.17, 15) is 21.6 Å². The number of halogens is 3. The van der Waals surface area contributed by atoms with E-state index in [-0.39, 0.29) is 22.8 Å². The fourth-order valence-electron chi connectivity index (χ4n) is 5.76. The van der Waals surface area contributed by atoms with Crippen LogP contribution in [0, 0.1) is 17.3 Å². The first-order chi connectivity index (χ1) is 15.9. The fraction of sp³-hybridized carbons (Fsp3) is 0.696. The third kappa shape index (κ3) is 4.86. The molecule has 3 atom stereocenters. The molecule has 7 nitrogen and oxygen atoms in total. The van der Waals surface area contributed by atoms with Crippen molar-refractivity contribution >= 4 is 9.84 Å². The molecule has 2 aromatic heterocycles. The minimum Gasteiger partial charge on any atom is -0.300 e. The van der Waals surface area contributed by atoms with E-state index in [0.29, 0.717) is 11.5 Å². The summed E-state index contributed by atoms with van der Waals surface area (Å²) in [7, 11) is -2.65. The van der Waals surface area contributed by atoms with Crippen LogP contribution >= 0.6 is 0 Å². The SMILES string of the molecule is CC(C)n1cnc(-c2cncc(C(F)(F)F)c2)n1.O=S1(=O)CC2(CCN(C3C[C@@H]4C[C@@H]4C3)C2)C1. The van der Waals surface area contributed by atoms with E-state index in [2.05, 4.69) is 20.0 Å². The molecule has 2 aromatic rings. The minimum absolute atomic E-state index is 0.102. The molecule has 0 bridgehead atoms. The Hall–Kier alpha value is -2.01. The summed E-state index contributed by atoms with van der Waals surface area (Å²) in [4.78, 5) is 10.1. The standard InChI is InChI=1S/C12H19NO2S.C11H11F3N4/c14-16(15)7-12(8-16)1-2-13(6-12)11-4-9-3-10(9)5-11;1-7(2)18-6-16-10(17-18)8-3-9(5-15-4-8)11(12,13)14/h9-11H,1-8H2;3-7H,1-2H3/t9-,10+,11?;. The minimum atomic E-state index is -4.41. The van der Waals surface area contributed by atoms with Crippen LogP contribution in [0.25, 0.3) is 11.4 Å². The first kappa shape index (κ1) is 23.7. The molecule has 2 aliphatic heterocycles. The Morgan fingerprint density at radius 3 is 2.41 bits per heavy atom. The van der Waals surface area contributed by atoms with Crippen LogP contribution in [0.5, 0.6) is 0 Å². The molecule has 0 amide bonds. The normalized spacial score (nSPS) is 28.9. The number of likely N-dealkylation sites (tertiary alicyclic amines) is 1. The van der Waals surface area contributed by atoms with E-state index in [4.69, 9.17) is 0 Å². The summed E-state index contributed by atoms with van der Waals surface area (Å²) in [6.45, 7) is 6.03. The lowest BCUT2D eigenvalue weighted by Crippen LogP contribution is -2.50. The van der Waals surface area contributed by atoms with Gasteiger partial charge < -0.3 is 0 Å². The van der Waals surface area contributed by atoms with Crippen molar-refractivity contribution < 1.29 is 21.6 Å². The summed E-state index contributed by atoms with van der Waals surface area (Å²) in [5.74, 6) is 3.24. The van der Waals surface area contributed by atoms with E-state index in [1.807, 2.05) is 13.8 Å². The zero-order valence-corrected chi connectivity index (χ0v) is 20.2. The maximum atomic E-state index is 12.5. The lowest BCUT2D eigenvalue weighted by atomic mass is 9.91. The van der Waals surface area contributed by atoms with Crippen LogP contribution in [0.4, 0.5) is 13.2 Å². The van der Waals surface area contributed by atoms with Crippen LogP contribution in [0.15, 0.2) is 24.8 Å². The molecule has 6 rings (SSSR count). The second-order valence-corrected chi connectivity index (χ2v) is 12.8. The Morgan fingerprint density at radius 2 is 1.82 bits per heavy atom. The van der Waals surface area contributed by atoms with Crippen molar-refractivity contribution in [1.82, 2.24) is 24.6 Å². The molecule has 2 saturated heterocycles. The molecule has 1 spiro atoms. The van der Waals surface area contributed by atoms with Gasteiger partial charge in [0.15, 0.2) is 15.7 Å². The molecular weight excluding hydrogens is 467 g/mol. The van der Waals surface area contributed by atoms with Gasteiger partial charge in [0.05, 0.1) is 17.1 Å². The van der Waals surface area contributed by atoms with Gasteiger partial charge in [0.2, 0.25) is 0 Å². The van der Waals surface area contributed by atoms with Crippen LogP contribution < -0.4 is 0 Å². The number of hydrogen-bond acceptors (Lipinski definition) is 6. The molecule has 2 saturated carbocycles. The Balaban J connectivity index is 0.000000142. The predicted molar refractivity (Wildman–Crippen MR) is 121 cm³/mol. The summed E-state index contributed by atoms with van der Waals surface area (Å²) < 4.78 is 61.8. The first-order valence-electron chi connectivity index (χ1n) is 11.8. The summed E-state index contributed by atoms with van der Waals surface area (Å²) in [6, 6.07) is 1.89. The van der Waals surface area contributed by atoms with E-state index in [1.54, 1.807) is 4.68 Å². The zero-order valence-electron chi connectivity index (χ0n) is 19.4. The van der Waals surface area contributed by atoms with Gasteiger partial charge in [-0.1, -0.05) is 0 Å². The predicted octanol–water partition coefficient (Wildman–Crippen LogP) is 3.85. The van der Waals surface area contributed by atoms with Gasteiger partial charge in [0.25, 0.3) is 0 Å². The van der Waals surface area contributed by atoms with Crippen LogP contribution in [0.2, 0.25) is 0 Å². The van der Waals surface area contributed by atoms with Gasteiger partial charge in [0.1, 0.15) is 6.33 Å². The third-order valence-corrected chi connectivity index (χ3v) is 9.72. The molecule has 11 heteroatoms. The van der Waals surface area contributed by atoms with Crippen LogP contribution in [0.3, 0.4) is 0 Å². The Labute approximate surface area is 197 Å².